The van der Waals surface area contributed by atoms with Gasteiger partial charge in [-0.15, -0.1) is 11.3 Å². The maximum atomic E-state index is 13.4. The van der Waals surface area contributed by atoms with Gasteiger partial charge in [-0.1, -0.05) is 0 Å². The number of nitrogens with zero attached hydrogens (tertiary/aromatic N) is 3. The van der Waals surface area contributed by atoms with Crippen LogP contribution in [0.1, 0.15) is 65.4 Å². The largest absolute Gasteiger partial charge is 0.408 e. The fourth-order valence-electron chi connectivity index (χ4n) is 4.17. The highest BCUT2D eigenvalue weighted by atomic mass is 32.1. The molecule has 12 heteroatoms. The van der Waals surface area contributed by atoms with E-state index in [1.807, 2.05) is 6.92 Å². The van der Waals surface area contributed by atoms with Gasteiger partial charge in [0, 0.05) is 24.3 Å². The molecule has 1 saturated heterocycles. The van der Waals surface area contributed by atoms with Gasteiger partial charge in [-0.05, 0) is 58.1 Å². The van der Waals surface area contributed by atoms with Crippen LogP contribution in [0, 0.1) is 6.92 Å². The van der Waals surface area contributed by atoms with E-state index >= 15 is 0 Å². The molecule has 4 atom stereocenters. The van der Waals surface area contributed by atoms with Crippen LogP contribution in [0.5, 0.6) is 0 Å². The second kappa shape index (κ2) is 9.73. The highest BCUT2D eigenvalue weighted by Gasteiger charge is 2.37. The third kappa shape index (κ3) is 5.27. The number of carbonyl (C=O) groups is 2. The summed E-state index contributed by atoms with van der Waals surface area (Å²) in [5, 5.41) is 15.0. The zero-order chi connectivity index (χ0) is 25.5. The van der Waals surface area contributed by atoms with Crippen LogP contribution in [0.2, 0.25) is 0 Å². The van der Waals surface area contributed by atoms with E-state index in [0.717, 1.165) is 31.1 Å². The van der Waals surface area contributed by atoms with Crippen LogP contribution >= 0.6 is 11.3 Å². The van der Waals surface area contributed by atoms with Crippen LogP contribution in [0.3, 0.4) is 0 Å². The summed E-state index contributed by atoms with van der Waals surface area (Å²) in [4.78, 5) is 36.9. The number of rotatable bonds is 6. The zero-order valence-electron chi connectivity index (χ0n) is 19.6. The number of hydrogen-bond acceptors (Lipinski definition) is 7. The van der Waals surface area contributed by atoms with E-state index in [4.69, 9.17) is 0 Å². The highest BCUT2D eigenvalue weighted by Crippen LogP contribution is 2.36. The molecule has 2 fully saturated rings. The third-order valence-corrected chi connectivity index (χ3v) is 7.69. The number of thiazole rings is 1. The normalized spacial score (nSPS) is 23.1. The third-order valence-electron chi connectivity index (χ3n) is 6.60. The number of nitrogens with one attached hydrogen (secondary N) is 2. The van der Waals surface area contributed by atoms with Crippen molar-refractivity contribution in [2.24, 2.45) is 0 Å². The molecule has 35 heavy (non-hydrogen) atoms. The lowest BCUT2D eigenvalue weighted by molar-refractivity contribution is -0.138. The number of likely N-dealkylation sites (tertiary alicyclic amines) is 1. The fraction of sp³-hybridized carbons (Fsp3) is 0.565. The fourth-order valence-corrected chi connectivity index (χ4v) is 5.21. The Morgan fingerprint density at radius 3 is 2.57 bits per heavy atom. The number of aryl methyl sites for hydroxylation is 1. The summed E-state index contributed by atoms with van der Waals surface area (Å²) in [6.07, 6.45) is -0.604. The molecule has 2 aliphatic rings. The van der Waals surface area contributed by atoms with Gasteiger partial charge in [0.25, 0.3) is 11.8 Å². The summed E-state index contributed by atoms with van der Waals surface area (Å²) >= 11 is 1.03. The Kier molecular flexibility index (Phi) is 7.05. The SMILES string of the molecule is Cc1cc(N[C@@H](C)C(F)(F)F)ncc1-c1sc(C(=O)NC2CCC2O)nc1C(=O)N1CCC[C@@H]1C. The molecule has 3 N–H and O–H groups in total. The minimum absolute atomic E-state index is 0.0362. The Morgan fingerprint density at radius 2 is 2.03 bits per heavy atom. The molecule has 2 amide bonds. The Morgan fingerprint density at radius 1 is 1.29 bits per heavy atom. The molecule has 1 saturated carbocycles. The van der Waals surface area contributed by atoms with Crippen molar-refractivity contribution in [3.05, 3.63) is 28.5 Å². The van der Waals surface area contributed by atoms with E-state index in [2.05, 4.69) is 20.6 Å². The quantitative estimate of drug-likeness (QED) is 0.545. The standard InChI is InChI=1S/C23H28F3N5O3S/c1-11-9-17(28-13(3)23(24,25)26)27-10-14(11)19-18(22(34)31-8-4-5-12(31)2)30-21(35-19)20(33)29-15-6-7-16(15)32/h9-10,12-13,15-16,32H,4-8H2,1-3H3,(H,27,28)(H,29,33)/t12-,13-,15?,16?/m0/s1. The van der Waals surface area contributed by atoms with Crippen molar-refractivity contribution in [1.82, 2.24) is 20.2 Å². The number of hydrogen-bond donors (Lipinski definition) is 3. The van der Waals surface area contributed by atoms with Crippen molar-refractivity contribution in [2.45, 2.75) is 76.9 Å². The summed E-state index contributed by atoms with van der Waals surface area (Å²) in [6.45, 7) is 5.25. The Hall–Kier alpha value is -2.73. The van der Waals surface area contributed by atoms with Crippen LogP contribution in [0.25, 0.3) is 10.4 Å². The first-order chi connectivity index (χ1) is 16.5. The second-order valence-electron chi connectivity index (χ2n) is 9.20. The van der Waals surface area contributed by atoms with Gasteiger partial charge in [0.15, 0.2) is 5.01 Å². The zero-order valence-corrected chi connectivity index (χ0v) is 20.5. The van der Waals surface area contributed by atoms with Crippen molar-refractivity contribution >= 4 is 29.0 Å². The summed E-state index contributed by atoms with van der Waals surface area (Å²) in [5.41, 5.74) is 1.23. The first kappa shape index (κ1) is 25.4. The van der Waals surface area contributed by atoms with Gasteiger partial charge in [0.1, 0.15) is 17.6 Å². The molecule has 1 aliphatic carbocycles. The van der Waals surface area contributed by atoms with Gasteiger partial charge >= 0.3 is 6.18 Å². The summed E-state index contributed by atoms with van der Waals surface area (Å²) in [5.74, 6) is -0.716. The Balaban J connectivity index is 1.67. The van der Waals surface area contributed by atoms with Gasteiger partial charge in [-0.25, -0.2) is 9.97 Å². The number of halogens is 3. The average Bonchev–Trinajstić information content (AvgIpc) is 3.42. The number of alkyl halides is 3. The van der Waals surface area contributed by atoms with Gasteiger partial charge in [0.2, 0.25) is 0 Å². The Bertz CT molecular complexity index is 1120. The lowest BCUT2D eigenvalue weighted by Crippen LogP contribution is -2.50. The first-order valence-electron chi connectivity index (χ1n) is 11.6. The Labute approximate surface area is 205 Å². The molecule has 3 heterocycles. The number of pyridine rings is 1. The lowest BCUT2D eigenvalue weighted by Gasteiger charge is -2.32. The molecule has 2 aromatic heterocycles. The maximum Gasteiger partial charge on any atom is 0.408 e. The molecule has 0 bridgehead atoms. The smallest absolute Gasteiger partial charge is 0.391 e. The van der Waals surface area contributed by atoms with E-state index in [0.29, 0.717) is 35.4 Å². The number of aliphatic hydroxyl groups is 1. The molecular weight excluding hydrogens is 483 g/mol. The van der Waals surface area contributed by atoms with E-state index in [1.54, 1.807) is 11.8 Å². The molecule has 0 spiro atoms. The summed E-state index contributed by atoms with van der Waals surface area (Å²) in [6, 6.07) is -0.616. The van der Waals surface area contributed by atoms with Gasteiger partial charge in [-0.2, -0.15) is 13.2 Å². The van der Waals surface area contributed by atoms with Crippen molar-refractivity contribution in [3.63, 3.8) is 0 Å². The van der Waals surface area contributed by atoms with Crippen LogP contribution in [-0.2, 0) is 0 Å². The number of anilines is 1. The van der Waals surface area contributed by atoms with E-state index in [-0.39, 0.29) is 34.5 Å². The van der Waals surface area contributed by atoms with Crippen molar-refractivity contribution in [2.75, 3.05) is 11.9 Å². The lowest BCUT2D eigenvalue weighted by atomic mass is 9.89. The van der Waals surface area contributed by atoms with Crippen LogP contribution in [0.4, 0.5) is 19.0 Å². The van der Waals surface area contributed by atoms with Gasteiger partial charge < -0.3 is 20.6 Å². The number of amides is 2. The van der Waals surface area contributed by atoms with Crippen molar-refractivity contribution < 1.29 is 27.9 Å². The number of aliphatic hydroxyl groups excluding tert-OH is 1. The molecule has 2 unspecified atom stereocenters. The van der Waals surface area contributed by atoms with E-state index < -0.39 is 24.2 Å². The van der Waals surface area contributed by atoms with E-state index in [1.165, 1.54) is 12.3 Å². The predicted octanol–water partition coefficient (Wildman–Crippen LogP) is 3.75. The average molecular weight is 512 g/mol. The van der Waals surface area contributed by atoms with Crippen molar-refractivity contribution in [3.8, 4) is 10.4 Å². The molecule has 0 aromatic carbocycles. The minimum atomic E-state index is -4.42. The minimum Gasteiger partial charge on any atom is -0.391 e. The first-order valence-corrected chi connectivity index (χ1v) is 12.4. The summed E-state index contributed by atoms with van der Waals surface area (Å²) in [7, 11) is 0. The maximum absolute atomic E-state index is 13.4. The predicted molar refractivity (Wildman–Crippen MR) is 125 cm³/mol. The molecular formula is C23H28F3N5O3S. The monoisotopic (exact) mass is 511 g/mol. The molecule has 8 nitrogen and oxygen atoms in total. The topological polar surface area (TPSA) is 107 Å². The van der Waals surface area contributed by atoms with Gasteiger partial charge in [-0.3, -0.25) is 9.59 Å². The highest BCUT2D eigenvalue weighted by molar-refractivity contribution is 7.17. The number of aromatic nitrogens is 2. The summed E-state index contributed by atoms with van der Waals surface area (Å²) < 4.78 is 38.8. The van der Waals surface area contributed by atoms with Gasteiger partial charge in [0.05, 0.1) is 17.0 Å². The van der Waals surface area contributed by atoms with E-state index in [9.17, 15) is 27.9 Å². The number of carbonyl (C=O) groups excluding carboxylic acids is 2. The second-order valence-corrected chi connectivity index (χ2v) is 10.2. The molecule has 0 radical (unpaired) electrons. The molecule has 190 valence electrons. The molecule has 4 rings (SSSR count). The van der Waals surface area contributed by atoms with Crippen molar-refractivity contribution in [1.29, 1.82) is 0 Å². The molecule has 1 aliphatic heterocycles. The van der Waals surface area contributed by atoms with Crippen LogP contribution in [-0.4, -0.2) is 68.7 Å². The van der Waals surface area contributed by atoms with Crippen LogP contribution < -0.4 is 10.6 Å². The van der Waals surface area contributed by atoms with Crippen LogP contribution in [0.15, 0.2) is 12.3 Å². The molecule has 2 aromatic rings.